The summed E-state index contributed by atoms with van der Waals surface area (Å²) < 4.78 is 26.8. The van der Waals surface area contributed by atoms with E-state index in [0.29, 0.717) is 22.9 Å². The summed E-state index contributed by atoms with van der Waals surface area (Å²) >= 11 is 1.15. The molecule has 0 unspecified atom stereocenters. The van der Waals surface area contributed by atoms with E-state index >= 15 is 0 Å². The molecule has 0 aliphatic heterocycles. The molecule has 102 valence electrons. The molecule has 1 aliphatic rings. The van der Waals surface area contributed by atoms with Gasteiger partial charge in [0.15, 0.2) is 0 Å². The third-order valence-corrected chi connectivity index (χ3v) is 6.56. The molecule has 1 saturated carbocycles. The van der Waals surface area contributed by atoms with Crippen molar-refractivity contribution >= 4 is 27.0 Å². The molecule has 0 spiro atoms. The van der Waals surface area contributed by atoms with Crippen LogP contribution in [0.3, 0.4) is 0 Å². The number of hydrogen-bond donors (Lipinski definition) is 2. The fourth-order valence-corrected chi connectivity index (χ4v) is 4.91. The summed E-state index contributed by atoms with van der Waals surface area (Å²) in [5.41, 5.74) is 6.07. The van der Waals surface area contributed by atoms with Gasteiger partial charge in [0.2, 0.25) is 0 Å². The van der Waals surface area contributed by atoms with Gasteiger partial charge in [-0.25, -0.2) is 8.42 Å². The van der Waals surface area contributed by atoms with E-state index in [1.54, 1.807) is 5.38 Å². The van der Waals surface area contributed by atoms with Crippen LogP contribution in [0.5, 0.6) is 0 Å². The van der Waals surface area contributed by atoms with E-state index in [-0.39, 0.29) is 12.6 Å². The van der Waals surface area contributed by atoms with Crippen molar-refractivity contribution in [2.24, 2.45) is 0 Å². The Morgan fingerprint density at radius 3 is 2.67 bits per heavy atom. The molecule has 0 radical (unpaired) electrons. The summed E-state index contributed by atoms with van der Waals surface area (Å²) in [4.78, 5) is 0. The first-order chi connectivity index (χ1) is 8.55. The van der Waals surface area contributed by atoms with Gasteiger partial charge >= 0.3 is 0 Å². The molecule has 1 fully saturated rings. The number of aliphatic hydroxyl groups is 1. The second-order valence-corrected chi connectivity index (χ2v) is 7.51. The van der Waals surface area contributed by atoms with Gasteiger partial charge in [0, 0.05) is 30.3 Å². The van der Waals surface area contributed by atoms with Crippen molar-refractivity contribution in [3.8, 4) is 0 Å². The molecule has 5 nitrogen and oxygen atoms in total. The number of anilines is 1. The summed E-state index contributed by atoms with van der Waals surface area (Å²) in [6.07, 6.45) is 3.36. The van der Waals surface area contributed by atoms with E-state index < -0.39 is 10.0 Å². The highest BCUT2D eigenvalue weighted by Gasteiger charge is 2.35. The maximum Gasteiger partial charge on any atom is 0.252 e. The smallest absolute Gasteiger partial charge is 0.252 e. The molecule has 1 aliphatic carbocycles. The Morgan fingerprint density at radius 2 is 2.22 bits per heavy atom. The molecule has 0 atom stereocenters. The van der Waals surface area contributed by atoms with Gasteiger partial charge in [0.05, 0.1) is 0 Å². The minimum atomic E-state index is -3.45. The zero-order chi connectivity index (χ0) is 13.2. The van der Waals surface area contributed by atoms with Gasteiger partial charge in [0.25, 0.3) is 10.0 Å². The monoisotopic (exact) mass is 290 g/mol. The molecular weight excluding hydrogens is 272 g/mol. The average Bonchev–Trinajstić information content (AvgIpc) is 2.68. The van der Waals surface area contributed by atoms with Gasteiger partial charge in [-0.1, -0.05) is 6.42 Å². The normalized spacial score (nSPS) is 17.0. The largest absolute Gasteiger partial charge is 0.398 e. The standard InChI is InChI=1S/C11H18N2O3S2/c12-9-7-11(17-8-9)18(15,16)13(5-2-6-14)10-3-1-4-10/h7-8,10,14H,1-6,12H2. The van der Waals surface area contributed by atoms with Crippen LogP contribution < -0.4 is 5.73 Å². The van der Waals surface area contributed by atoms with Gasteiger partial charge < -0.3 is 10.8 Å². The SMILES string of the molecule is Nc1csc(S(=O)(=O)N(CCCO)C2CCC2)c1. The van der Waals surface area contributed by atoms with Gasteiger partial charge in [-0.2, -0.15) is 4.31 Å². The first-order valence-corrected chi connectivity index (χ1v) is 8.34. The second kappa shape index (κ2) is 5.56. The van der Waals surface area contributed by atoms with E-state index in [1.807, 2.05) is 0 Å². The molecule has 3 N–H and O–H groups in total. The maximum absolute atomic E-state index is 12.5. The zero-order valence-corrected chi connectivity index (χ0v) is 11.7. The molecule has 1 heterocycles. The Bertz CT molecular complexity index is 494. The molecule has 0 amide bonds. The van der Waals surface area contributed by atoms with E-state index in [9.17, 15) is 8.42 Å². The number of thiophene rings is 1. The van der Waals surface area contributed by atoms with Crippen molar-refractivity contribution in [3.05, 3.63) is 11.4 Å². The Labute approximate surface area is 111 Å². The Morgan fingerprint density at radius 1 is 1.50 bits per heavy atom. The minimum Gasteiger partial charge on any atom is -0.398 e. The lowest BCUT2D eigenvalue weighted by Crippen LogP contribution is -2.44. The average molecular weight is 290 g/mol. The first kappa shape index (κ1) is 13.8. The van der Waals surface area contributed by atoms with Crippen LogP contribution in [0, 0.1) is 0 Å². The van der Waals surface area contributed by atoms with Crippen LogP contribution in [0.2, 0.25) is 0 Å². The summed E-state index contributed by atoms with van der Waals surface area (Å²) in [7, 11) is -3.45. The highest BCUT2D eigenvalue weighted by Crippen LogP contribution is 2.32. The molecular formula is C11H18N2O3S2. The van der Waals surface area contributed by atoms with Gasteiger partial charge in [0.1, 0.15) is 4.21 Å². The van der Waals surface area contributed by atoms with Crippen LogP contribution in [0.4, 0.5) is 5.69 Å². The number of sulfonamides is 1. The lowest BCUT2D eigenvalue weighted by atomic mass is 9.93. The van der Waals surface area contributed by atoms with Crippen molar-refractivity contribution in [2.75, 3.05) is 18.9 Å². The van der Waals surface area contributed by atoms with Crippen molar-refractivity contribution in [1.82, 2.24) is 4.31 Å². The predicted molar refractivity (Wildman–Crippen MR) is 72.0 cm³/mol. The third-order valence-electron chi connectivity index (χ3n) is 3.18. The zero-order valence-electron chi connectivity index (χ0n) is 10.1. The van der Waals surface area contributed by atoms with Crippen LogP contribution in [0.25, 0.3) is 0 Å². The number of rotatable bonds is 6. The van der Waals surface area contributed by atoms with Gasteiger partial charge in [-0.3, -0.25) is 0 Å². The highest BCUT2D eigenvalue weighted by atomic mass is 32.2. The molecule has 0 aromatic carbocycles. The van der Waals surface area contributed by atoms with E-state index in [2.05, 4.69) is 0 Å². The van der Waals surface area contributed by atoms with Crippen LogP contribution in [0.1, 0.15) is 25.7 Å². The van der Waals surface area contributed by atoms with E-state index in [1.165, 1.54) is 10.4 Å². The summed E-state index contributed by atoms with van der Waals surface area (Å²) in [6, 6.07) is 1.59. The Kier molecular flexibility index (Phi) is 4.26. The summed E-state index contributed by atoms with van der Waals surface area (Å²) in [5.74, 6) is 0. The minimum absolute atomic E-state index is 0.00528. The lowest BCUT2D eigenvalue weighted by Gasteiger charge is -2.36. The Hall–Kier alpha value is -0.630. The number of aliphatic hydroxyl groups excluding tert-OH is 1. The van der Waals surface area contributed by atoms with Crippen LogP contribution in [-0.2, 0) is 10.0 Å². The van der Waals surface area contributed by atoms with Crippen molar-refractivity contribution in [2.45, 2.75) is 35.9 Å². The second-order valence-electron chi connectivity index (χ2n) is 4.48. The van der Waals surface area contributed by atoms with Crippen LogP contribution in [-0.4, -0.2) is 37.0 Å². The lowest BCUT2D eigenvalue weighted by molar-refractivity contribution is 0.199. The molecule has 2 rings (SSSR count). The number of nitrogen functional groups attached to an aromatic ring is 1. The van der Waals surface area contributed by atoms with Crippen LogP contribution >= 0.6 is 11.3 Å². The van der Waals surface area contributed by atoms with Gasteiger partial charge in [-0.15, -0.1) is 11.3 Å². The predicted octanol–water partition coefficient (Wildman–Crippen LogP) is 1.26. The molecule has 1 aromatic rings. The van der Waals surface area contributed by atoms with Crippen molar-refractivity contribution < 1.29 is 13.5 Å². The van der Waals surface area contributed by atoms with Crippen molar-refractivity contribution in [1.29, 1.82) is 0 Å². The summed E-state index contributed by atoms with van der Waals surface area (Å²) in [6.45, 7) is 0.382. The highest BCUT2D eigenvalue weighted by molar-refractivity contribution is 7.91. The summed E-state index contributed by atoms with van der Waals surface area (Å²) in [5, 5.41) is 10.5. The van der Waals surface area contributed by atoms with E-state index in [0.717, 1.165) is 30.6 Å². The topological polar surface area (TPSA) is 83.6 Å². The fourth-order valence-electron chi connectivity index (χ4n) is 1.98. The number of nitrogens with zero attached hydrogens (tertiary/aromatic N) is 1. The number of hydrogen-bond acceptors (Lipinski definition) is 5. The Balaban J connectivity index is 2.22. The van der Waals surface area contributed by atoms with Crippen molar-refractivity contribution in [3.63, 3.8) is 0 Å². The fraction of sp³-hybridized carbons (Fsp3) is 0.636. The molecule has 7 heteroatoms. The maximum atomic E-state index is 12.5. The van der Waals surface area contributed by atoms with E-state index in [4.69, 9.17) is 10.8 Å². The molecule has 18 heavy (non-hydrogen) atoms. The molecule has 0 bridgehead atoms. The molecule has 0 saturated heterocycles. The third kappa shape index (κ3) is 2.69. The van der Waals surface area contributed by atoms with Gasteiger partial charge in [-0.05, 0) is 25.3 Å². The number of nitrogens with two attached hydrogens (primary N) is 1. The molecule has 1 aromatic heterocycles. The quantitative estimate of drug-likeness (QED) is 0.826. The van der Waals surface area contributed by atoms with Crippen LogP contribution in [0.15, 0.2) is 15.7 Å². The first-order valence-electron chi connectivity index (χ1n) is 6.02.